The summed E-state index contributed by atoms with van der Waals surface area (Å²) < 4.78 is 62.1. The van der Waals surface area contributed by atoms with Crippen molar-refractivity contribution in [2.45, 2.75) is 38.1 Å². The van der Waals surface area contributed by atoms with Gasteiger partial charge in [0.2, 0.25) is 0 Å². The number of benzene rings is 2. The summed E-state index contributed by atoms with van der Waals surface area (Å²) in [6.45, 7) is 4.36. The predicted octanol–water partition coefficient (Wildman–Crippen LogP) is 6.19. The fraction of sp³-hybridized carbons (Fsp3) is 0.280. The van der Waals surface area contributed by atoms with E-state index in [-0.39, 0.29) is 21.9 Å². The minimum Gasteiger partial charge on any atom is -0.495 e. The fourth-order valence-corrected chi connectivity index (χ4v) is 6.06. The molecule has 0 saturated heterocycles. The first-order chi connectivity index (χ1) is 16.9. The van der Waals surface area contributed by atoms with Gasteiger partial charge < -0.3 is 9.84 Å². The van der Waals surface area contributed by atoms with Crippen LogP contribution in [0.25, 0.3) is 16.1 Å². The van der Waals surface area contributed by atoms with E-state index in [0.717, 1.165) is 48.3 Å². The van der Waals surface area contributed by atoms with Crippen molar-refractivity contribution in [1.29, 1.82) is 0 Å². The number of hydrogen-bond acceptors (Lipinski definition) is 6. The molecule has 1 aliphatic rings. The van der Waals surface area contributed by atoms with E-state index in [1.165, 1.54) is 18.6 Å². The first-order valence-electron chi connectivity index (χ1n) is 11.0. The molecule has 1 aliphatic carbocycles. The first kappa shape index (κ1) is 25.8. The van der Waals surface area contributed by atoms with Crippen LogP contribution in [-0.4, -0.2) is 31.6 Å². The van der Waals surface area contributed by atoms with E-state index in [2.05, 4.69) is 29.6 Å². The van der Waals surface area contributed by atoms with E-state index < -0.39 is 33.2 Å². The van der Waals surface area contributed by atoms with Crippen molar-refractivity contribution in [2.75, 3.05) is 11.8 Å². The maximum atomic E-state index is 15.0. The molecule has 3 aromatic rings. The largest absolute Gasteiger partial charge is 0.495 e. The van der Waals surface area contributed by atoms with Crippen molar-refractivity contribution in [3.63, 3.8) is 0 Å². The van der Waals surface area contributed by atoms with Gasteiger partial charge in [-0.05, 0) is 42.4 Å². The van der Waals surface area contributed by atoms with Crippen LogP contribution in [0, 0.1) is 17.0 Å². The molecule has 36 heavy (non-hydrogen) atoms. The number of allylic oxidation sites excluding steroid dienone is 2. The maximum absolute atomic E-state index is 15.0. The van der Waals surface area contributed by atoms with Crippen LogP contribution in [0.2, 0.25) is 0 Å². The number of thiazole rings is 1. The van der Waals surface area contributed by atoms with Crippen molar-refractivity contribution in [1.82, 2.24) is 4.98 Å². The Morgan fingerprint density at radius 3 is 2.56 bits per heavy atom. The zero-order chi connectivity index (χ0) is 26.3. The van der Waals surface area contributed by atoms with Gasteiger partial charge in [-0.1, -0.05) is 32.1 Å². The Kier molecular flexibility index (Phi) is 6.89. The lowest BCUT2D eigenvalue weighted by Crippen LogP contribution is -2.15. The number of rotatable bonds is 7. The van der Waals surface area contributed by atoms with Crippen LogP contribution in [0.1, 0.15) is 49.0 Å². The Morgan fingerprint density at radius 2 is 1.94 bits per heavy atom. The lowest BCUT2D eigenvalue weighted by atomic mass is 9.77. The minimum atomic E-state index is -4.28. The third-order valence-electron chi connectivity index (χ3n) is 6.06. The molecule has 1 heterocycles. The quantitative estimate of drug-likeness (QED) is 0.375. The predicted molar refractivity (Wildman–Crippen MR) is 134 cm³/mol. The lowest BCUT2D eigenvalue weighted by molar-refractivity contribution is 0.0691. The number of hydrogen-bond donors (Lipinski definition) is 2. The van der Waals surface area contributed by atoms with Gasteiger partial charge in [0.1, 0.15) is 22.4 Å². The molecule has 4 rings (SSSR count). The highest BCUT2D eigenvalue weighted by molar-refractivity contribution is 7.92. The van der Waals surface area contributed by atoms with Gasteiger partial charge in [-0.3, -0.25) is 4.72 Å². The van der Waals surface area contributed by atoms with E-state index >= 15 is 0 Å². The Hall–Kier alpha value is -3.31. The number of carbonyl (C=O) groups is 1. The summed E-state index contributed by atoms with van der Waals surface area (Å²) in [6.07, 6.45) is 4.69. The van der Waals surface area contributed by atoms with Gasteiger partial charge in [0.05, 0.1) is 18.4 Å². The number of nitrogens with zero attached hydrogens (tertiary/aromatic N) is 1. The monoisotopic (exact) mass is 534 g/mol. The van der Waals surface area contributed by atoms with Crippen molar-refractivity contribution < 1.29 is 31.8 Å². The van der Waals surface area contributed by atoms with Gasteiger partial charge >= 0.3 is 5.97 Å². The molecule has 0 fully saturated rings. The molecule has 2 aromatic carbocycles. The topological polar surface area (TPSA) is 106 Å². The van der Waals surface area contributed by atoms with Crippen LogP contribution in [0.15, 0.2) is 46.8 Å². The molecule has 0 saturated carbocycles. The van der Waals surface area contributed by atoms with E-state index in [0.29, 0.717) is 16.1 Å². The normalized spacial score (nSPS) is 15.3. The van der Waals surface area contributed by atoms with Gasteiger partial charge in [0.15, 0.2) is 5.03 Å². The van der Waals surface area contributed by atoms with Gasteiger partial charge in [-0.2, -0.15) is 8.42 Å². The molecule has 0 amide bonds. The molecule has 0 spiro atoms. The summed E-state index contributed by atoms with van der Waals surface area (Å²) in [5.41, 5.74) is 1.16. The molecule has 0 atom stereocenters. The van der Waals surface area contributed by atoms with Crippen LogP contribution in [0.3, 0.4) is 0 Å². The molecule has 1 aromatic heterocycles. The molecule has 0 bridgehead atoms. The number of anilines is 1. The number of ether oxygens (including phenoxy) is 1. The highest BCUT2D eigenvalue weighted by Gasteiger charge is 2.25. The van der Waals surface area contributed by atoms with Crippen molar-refractivity contribution in [3.05, 3.63) is 64.5 Å². The lowest BCUT2D eigenvalue weighted by Gasteiger charge is -2.28. The smallest absolute Gasteiger partial charge is 0.338 e. The number of methoxy groups -OCH3 is 1. The number of aromatic nitrogens is 1. The van der Waals surface area contributed by atoms with Crippen LogP contribution in [-0.2, 0) is 10.0 Å². The summed E-state index contributed by atoms with van der Waals surface area (Å²) in [6, 6.07) is 6.32. The third-order valence-corrected chi connectivity index (χ3v) is 8.35. The number of nitrogens with one attached hydrogen (secondary N) is 1. The highest BCUT2D eigenvalue weighted by atomic mass is 32.2. The molecule has 11 heteroatoms. The molecular formula is C25H24F2N2O5S2. The Bertz CT molecular complexity index is 1480. The SMILES string of the molecule is COc1cc(C(=O)O)c(F)cc1NS(=O)(=O)c1csc(-c2ccc(C3=CCC(C)(C)CC3)c(F)c2)n1. The third kappa shape index (κ3) is 5.26. The molecule has 2 N–H and O–H groups in total. The second-order valence-corrected chi connectivity index (χ2v) is 11.7. The Balaban J connectivity index is 1.59. The first-order valence-corrected chi connectivity index (χ1v) is 13.3. The second kappa shape index (κ2) is 9.62. The Labute approximate surface area is 211 Å². The highest BCUT2D eigenvalue weighted by Crippen LogP contribution is 2.39. The molecule has 0 radical (unpaired) electrons. The van der Waals surface area contributed by atoms with Crippen molar-refractivity contribution >= 4 is 38.6 Å². The molecule has 7 nitrogen and oxygen atoms in total. The molecule has 190 valence electrons. The summed E-state index contributed by atoms with van der Waals surface area (Å²) in [5, 5.41) is 10.3. The van der Waals surface area contributed by atoms with Gasteiger partial charge in [-0.15, -0.1) is 11.3 Å². The molecule has 0 aliphatic heterocycles. The second-order valence-electron chi connectivity index (χ2n) is 9.23. The van der Waals surface area contributed by atoms with Crippen molar-refractivity contribution in [3.8, 4) is 16.3 Å². The number of carboxylic acid groups (broad SMARTS) is 1. The van der Waals surface area contributed by atoms with E-state index in [1.54, 1.807) is 12.1 Å². The minimum absolute atomic E-state index is 0.175. The van der Waals surface area contributed by atoms with E-state index in [9.17, 15) is 22.0 Å². The number of carboxylic acids is 1. The van der Waals surface area contributed by atoms with Crippen LogP contribution >= 0.6 is 11.3 Å². The maximum Gasteiger partial charge on any atom is 0.338 e. The summed E-state index contributed by atoms with van der Waals surface area (Å²) in [7, 11) is -3.08. The van der Waals surface area contributed by atoms with Crippen LogP contribution in [0.4, 0.5) is 14.5 Å². The van der Waals surface area contributed by atoms with Crippen LogP contribution in [0.5, 0.6) is 5.75 Å². The molecular weight excluding hydrogens is 510 g/mol. The molecule has 0 unspecified atom stereocenters. The summed E-state index contributed by atoms with van der Waals surface area (Å²) >= 11 is 1.01. The Morgan fingerprint density at radius 1 is 1.19 bits per heavy atom. The van der Waals surface area contributed by atoms with Gasteiger partial charge in [-0.25, -0.2) is 18.6 Å². The average Bonchev–Trinajstić information content (AvgIpc) is 3.31. The number of aromatic carboxylic acids is 1. The fourth-order valence-electron chi connectivity index (χ4n) is 3.91. The van der Waals surface area contributed by atoms with Gasteiger partial charge in [0.25, 0.3) is 10.0 Å². The number of halogens is 2. The average molecular weight is 535 g/mol. The standard InChI is InChI=1S/C25H24F2N2O5S2/c1-25(2)8-6-14(7-9-25)16-5-4-15(10-18(16)26)23-28-22(13-35-23)36(32,33)29-20-12-19(27)17(24(30)31)11-21(20)34-3/h4-6,10-13,29H,7-9H2,1-3H3,(H,30,31). The number of sulfonamides is 1. The zero-order valence-corrected chi connectivity index (χ0v) is 21.4. The zero-order valence-electron chi connectivity index (χ0n) is 19.8. The van der Waals surface area contributed by atoms with Crippen LogP contribution < -0.4 is 9.46 Å². The summed E-state index contributed by atoms with van der Waals surface area (Å²) in [5.74, 6) is -3.24. The van der Waals surface area contributed by atoms with Crippen molar-refractivity contribution in [2.24, 2.45) is 5.41 Å². The summed E-state index contributed by atoms with van der Waals surface area (Å²) in [4.78, 5) is 15.3. The van der Waals surface area contributed by atoms with Gasteiger partial charge in [0, 0.05) is 22.6 Å². The van der Waals surface area contributed by atoms with E-state index in [4.69, 9.17) is 9.84 Å². The van der Waals surface area contributed by atoms with E-state index in [1.807, 2.05) is 0 Å².